The number of benzene rings is 1. The molecule has 0 saturated carbocycles. The Kier molecular flexibility index (Phi) is 3.38. The maximum absolute atomic E-state index is 11.2. The Morgan fingerprint density at radius 3 is 2.60 bits per heavy atom. The van der Waals surface area contributed by atoms with Crippen molar-refractivity contribution in [2.75, 3.05) is 21.3 Å². The van der Waals surface area contributed by atoms with Gasteiger partial charge >= 0.3 is 0 Å². The molecule has 1 aromatic rings. The summed E-state index contributed by atoms with van der Waals surface area (Å²) >= 11 is 0. The fourth-order valence-electron chi connectivity index (χ4n) is 3.94. The molecule has 110 valence electrons. The number of rotatable bonds is 3. The minimum Gasteiger partial charge on any atom is -0.493 e. The van der Waals surface area contributed by atoms with E-state index in [2.05, 4.69) is 11.9 Å². The molecule has 3 rings (SSSR count). The number of hydrogen-bond acceptors (Lipinski definition) is 4. The minimum atomic E-state index is -0.768. The van der Waals surface area contributed by atoms with Gasteiger partial charge in [0.1, 0.15) is 5.60 Å². The number of hydrogen-bond donors (Lipinski definition) is 1. The number of aliphatic hydroxyl groups is 1. The smallest absolute Gasteiger partial charge is 0.161 e. The Morgan fingerprint density at radius 1 is 1.20 bits per heavy atom. The Bertz CT molecular complexity index is 504. The first kappa shape index (κ1) is 13.7. The second-order valence-electron chi connectivity index (χ2n) is 5.96. The lowest BCUT2D eigenvalue weighted by atomic mass is 9.85. The quantitative estimate of drug-likeness (QED) is 0.919. The zero-order valence-electron chi connectivity index (χ0n) is 12.4. The van der Waals surface area contributed by atoms with Gasteiger partial charge in [-0.15, -0.1) is 0 Å². The first-order valence-electron chi connectivity index (χ1n) is 7.27. The molecule has 2 saturated heterocycles. The molecule has 0 aromatic heterocycles. The zero-order valence-corrected chi connectivity index (χ0v) is 12.4. The Morgan fingerprint density at radius 2 is 1.95 bits per heavy atom. The monoisotopic (exact) mass is 277 g/mol. The summed E-state index contributed by atoms with van der Waals surface area (Å²) in [6, 6.07) is 6.48. The van der Waals surface area contributed by atoms with Gasteiger partial charge in [0.15, 0.2) is 11.5 Å². The van der Waals surface area contributed by atoms with Crippen molar-refractivity contribution in [2.24, 2.45) is 0 Å². The zero-order chi connectivity index (χ0) is 14.3. The van der Waals surface area contributed by atoms with Crippen molar-refractivity contribution in [2.45, 2.75) is 43.4 Å². The van der Waals surface area contributed by atoms with Gasteiger partial charge in [0, 0.05) is 12.1 Å². The summed E-state index contributed by atoms with van der Waals surface area (Å²) in [5.41, 5.74) is 0.173. The van der Waals surface area contributed by atoms with Crippen molar-refractivity contribution < 1.29 is 14.6 Å². The van der Waals surface area contributed by atoms with Crippen LogP contribution >= 0.6 is 0 Å². The maximum Gasteiger partial charge on any atom is 0.161 e. The van der Waals surface area contributed by atoms with Crippen molar-refractivity contribution in [3.63, 3.8) is 0 Å². The molecule has 2 aliphatic rings. The molecular formula is C16H23NO3. The highest BCUT2D eigenvalue weighted by atomic mass is 16.5. The van der Waals surface area contributed by atoms with Crippen LogP contribution in [0.3, 0.4) is 0 Å². The van der Waals surface area contributed by atoms with E-state index < -0.39 is 5.60 Å². The Balaban J connectivity index is 2.00. The SMILES string of the molecule is COc1ccc(C2(O)CC3CCCC2N3C)cc1OC. The highest BCUT2D eigenvalue weighted by Gasteiger charge is 2.52. The standard InChI is InChI=1S/C16H23NO3/c1-17-12-5-4-6-15(17)16(18,10-12)11-7-8-13(19-2)14(9-11)20-3/h7-9,12,15,18H,4-6,10H2,1-3H3. The van der Waals surface area contributed by atoms with E-state index in [9.17, 15) is 5.11 Å². The number of piperidine rings is 1. The molecule has 2 bridgehead atoms. The number of fused-ring (bicyclic) bond motifs is 2. The minimum absolute atomic E-state index is 0.208. The van der Waals surface area contributed by atoms with E-state index in [1.54, 1.807) is 14.2 Å². The summed E-state index contributed by atoms with van der Waals surface area (Å²) in [7, 11) is 5.39. The van der Waals surface area contributed by atoms with E-state index in [0.717, 1.165) is 18.4 Å². The lowest BCUT2D eigenvalue weighted by Gasteiger charge is -2.36. The molecule has 3 atom stereocenters. The van der Waals surface area contributed by atoms with Gasteiger partial charge in [0.25, 0.3) is 0 Å². The summed E-state index contributed by atoms with van der Waals surface area (Å²) in [6.07, 6.45) is 4.25. The lowest BCUT2D eigenvalue weighted by molar-refractivity contribution is -0.00291. The molecular weight excluding hydrogens is 254 g/mol. The molecule has 3 unspecified atom stereocenters. The summed E-state index contributed by atoms with van der Waals surface area (Å²) in [5.74, 6) is 1.39. The molecule has 4 heteroatoms. The Hall–Kier alpha value is -1.26. The van der Waals surface area contributed by atoms with Crippen molar-refractivity contribution in [3.05, 3.63) is 23.8 Å². The molecule has 0 radical (unpaired) electrons. The van der Waals surface area contributed by atoms with Gasteiger partial charge in [0.05, 0.1) is 14.2 Å². The maximum atomic E-state index is 11.2. The average Bonchev–Trinajstić information content (AvgIpc) is 2.63. The van der Waals surface area contributed by atoms with E-state index in [0.29, 0.717) is 17.5 Å². The van der Waals surface area contributed by atoms with Crippen LogP contribution in [0.5, 0.6) is 11.5 Å². The molecule has 20 heavy (non-hydrogen) atoms. The largest absolute Gasteiger partial charge is 0.493 e. The van der Waals surface area contributed by atoms with Gasteiger partial charge < -0.3 is 14.6 Å². The van der Waals surface area contributed by atoms with Gasteiger partial charge in [0.2, 0.25) is 0 Å². The molecule has 1 N–H and O–H groups in total. The predicted molar refractivity (Wildman–Crippen MR) is 77.2 cm³/mol. The van der Waals surface area contributed by atoms with E-state index in [4.69, 9.17) is 9.47 Å². The third-order valence-electron chi connectivity index (χ3n) is 5.06. The predicted octanol–water partition coefficient (Wildman–Crippen LogP) is 2.15. The Labute approximate surface area is 120 Å². The van der Waals surface area contributed by atoms with Gasteiger partial charge in [-0.25, -0.2) is 0 Å². The highest BCUT2D eigenvalue weighted by Crippen LogP contribution is 2.48. The van der Waals surface area contributed by atoms with Gasteiger partial charge in [-0.1, -0.05) is 12.5 Å². The number of likely N-dealkylation sites (N-methyl/N-ethyl adjacent to an activating group) is 1. The second-order valence-corrected chi connectivity index (χ2v) is 5.96. The van der Waals surface area contributed by atoms with E-state index >= 15 is 0 Å². The third kappa shape index (κ3) is 1.90. The lowest BCUT2D eigenvalue weighted by Crippen LogP contribution is -2.43. The van der Waals surface area contributed by atoms with E-state index in [1.165, 1.54) is 12.8 Å². The van der Waals surface area contributed by atoms with E-state index in [1.807, 2.05) is 18.2 Å². The molecule has 1 aromatic carbocycles. The number of ether oxygens (including phenoxy) is 2. The third-order valence-corrected chi connectivity index (χ3v) is 5.06. The average molecular weight is 277 g/mol. The van der Waals surface area contributed by atoms with Crippen LogP contribution in [0.1, 0.15) is 31.2 Å². The first-order valence-corrected chi connectivity index (χ1v) is 7.27. The molecule has 2 heterocycles. The number of methoxy groups -OCH3 is 2. The van der Waals surface area contributed by atoms with Gasteiger partial charge in [-0.05, 0) is 44.0 Å². The van der Waals surface area contributed by atoms with Crippen LogP contribution in [-0.2, 0) is 5.60 Å². The summed E-state index contributed by atoms with van der Waals surface area (Å²) in [4.78, 5) is 2.35. The highest BCUT2D eigenvalue weighted by molar-refractivity contribution is 5.45. The van der Waals surface area contributed by atoms with Crippen LogP contribution in [0, 0.1) is 0 Å². The van der Waals surface area contributed by atoms with Crippen molar-refractivity contribution >= 4 is 0 Å². The van der Waals surface area contributed by atoms with Crippen LogP contribution in [0.2, 0.25) is 0 Å². The fourth-order valence-corrected chi connectivity index (χ4v) is 3.94. The summed E-state index contributed by atoms with van der Waals surface area (Å²) in [5, 5.41) is 11.2. The van der Waals surface area contributed by atoms with Gasteiger partial charge in [-0.2, -0.15) is 0 Å². The first-order chi connectivity index (χ1) is 9.60. The van der Waals surface area contributed by atoms with Crippen molar-refractivity contribution in [1.82, 2.24) is 4.90 Å². The summed E-state index contributed by atoms with van der Waals surface area (Å²) < 4.78 is 10.6. The molecule has 0 spiro atoms. The molecule has 0 amide bonds. The molecule has 2 fully saturated rings. The van der Waals surface area contributed by atoms with Crippen molar-refractivity contribution in [3.8, 4) is 11.5 Å². The number of nitrogens with zero attached hydrogens (tertiary/aromatic N) is 1. The molecule has 2 aliphatic heterocycles. The molecule has 4 nitrogen and oxygen atoms in total. The van der Waals surface area contributed by atoms with Crippen LogP contribution in [0.15, 0.2) is 18.2 Å². The van der Waals surface area contributed by atoms with E-state index in [-0.39, 0.29) is 6.04 Å². The van der Waals surface area contributed by atoms with Gasteiger partial charge in [-0.3, -0.25) is 4.90 Å². The topological polar surface area (TPSA) is 41.9 Å². The van der Waals surface area contributed by atoms with Crippen LogP contribution in [0.25, 0.3) is 0 Å². The summed E-state index contributed by atoms with van der Waals surface area (Å²) in [6.45, 7) is 0. The fraction of sp³-hybridized carbons (Fsp3) is 0.625. The van der Waals surface area contributed by atoms with Crippen molar-refractivity contribution in [1.29, 1.82) is 0 Å². The van der Waals surface area contributed by atoms with Crippen LogP contribution in [0.4, 0.5) is 0 Å². The van der Waals surface area contributed by atoms with Crippen LogP contribution < -0.4 is 9.47 Å². The second kappa shape index (κ2) is 4.93. The molecule has 0 aliphatic carbocycles. The normalized spacial score (nSPS) is 33.2. The van der Waals surface area contributed by atoms with Crippen LogP contribution in [-0.4, -0.2) is 43.4 Å².